The zero-order chi connectivity index (χ0) is 12.1. The second-order valence-corrected chi connectivity index (χ2v) is 4.15. The fraction of sp³-hybridized carbons (Fsp3) is 0.462. The van der Waals surface area contributed by atoms with E-state index < -0.39 is 0 Å². The van der Waals surface area contributed by atoms with Gasteiger partial charge in [-0.15, -0.1) is 0 Å². The summed E-state index contributed by atoms with van der Waals surface area (Å²) in [4.78, 5) is 14.9. The highest BCUT2D eigenvalue weighted by Gasteiger charge is 2.16. The first-order valence-electron chi connectivity index (χ1n) is 5.88. The van der Waals surface area contributed by atoms with Gasteiger partial charge in [-0.05, 0) is 24.3 Å². The maximum atomic E-state index is 10.4. The Morgan fingerprint density at radius 1 is 1.18 bits per heavy atom. The average molecular weight is 234 g/mol. The van der Waals surface area contributed by atoms with Crippen LogP contribution in [0.5, 0.6) is 5.75 Å². The molecule has 1 aromatic rings. The third-order valence-corrected chi connectivity index (χ3v) is 3.14. The lowest BCUT2D eigenvalue weighted by Gasteiger charge is -2.35. The first-order valence-corrected chi connectivity index (χ1v) is 5.88. The lowest BCUT2D eigenvalue weighted by Crippen LogP contribution is -2.46. The standard InChI is InChI=1S/C13H18N2O2/c1-17-13-4-2-12(3-5-13)15-8-6-14(7-9-15)10-11-16/h2-5,11H,6-10H2,1H3. The van der Waals surface area contributed by atoms with Crippen LogP contribution in [0, 0.1) is 0 Å². The van der Waals surface area contributed by atoms with Crippen LogP contribution < -0.4 is 9.64 Å². The third kappa shape index (κ3) is 2.97. The van der Waals surface area contributed by atoms with Crippen molar-refractivity contribution in [3.63, 3.8) is 0 Å². The maximum Gasteiger partial charge on any atom is 0.133 e. The monoisotopic (exact) mass is 234 g/mol. The molecule has 0 radical (unpaired) electrons. The van der Waals surface area contributed by atoms with Crippen LogP contribution in [0.15, 0.2) is 24.3 Å². The predicted octanol–water partition coefficient (Wildman–Crippen LogP) is 1.02. The molecule has 0 unspecified atom stereocenters. The lowest BCUT2D eigenvalue weighted by molar-refractivity contribution is -0.108. The van der Waals surface area contributed by atoms with Gasteiger partial charge in [0.1, 0.15) is 12.0 Å². The molecule has 0 atom stereocenters. The van der Waals surface area contributed by atoms with Crippen molar-refractivity contribution in [3.8, 4) is 5.75 Å². The number of piperazine rings is 1. The second kappa shape index (κ2) is 5.68. The van der Waals surface area contributed by atoms with Gasteiger partial charge in [-0.3, -0.25) is 4.90 Å². The first-order chi connectivity index (χ1) is 8.33. The molecule has 0 spiro atoms. The van der Waals surface area contributed by atoms with Crippen LogP contribution in [0.25, 0.3) is 0 Å². The van der Waals surface area contributed by atoms with Gasteiger partial charge in [0.15, 0.2) is 0 Å². The predicted molar refractivity (Wildman–Crippen MR) is 67.7 cm³/mol. The van der Waals surface area contributed by atoms with E-state index in [1.807, 2.05) is 12.1 Å². The van der Waals surface area contributed by atoms with Gasteiger partial charge in [-0.1, -0.05) is 0 Å². The molecule has 1 heterocycles. The van der Waals surface area contributed by atoms with E-state index in [9.17, 15) is 4.79 Å². The van der Waals surface area contributed by atoms with Gasteiger partial charge in [-0.25, -0.2) is 0 Å². The van der Waals surface area contributed by atoms with Crippen LogP contribution in [0.2, 0.25) is 0 Å². The highest BCUT2D eigenvalue weighted by atomic mass is 16.5. The van der Waals surface area contributed by atoms with Crippen LogP contribution in [-0.4, -0.2) is 51.0 Å². The number of hydrogen-bond donors (Lipinski definition) is 0. The molecule has 0 bridgehead atoms. The Kier molecular flexibility index (Phi) is 3.98. The summed E-state index contributed by atoms with van der Waals surface area (Å²) in [6, 6.07) is 8.11. The summed E-state index contributed by atoms with van der Waals surface area (Å²) in [7, 11) is 1.67. The number of carbonyl (C=O) groups is 1. The molecule has 0 saturated carbocycles. The molecule has 1 saturated heterocycles. The quantitative estimate of drug-likeness (QED) is 0.728. The molecule has 1 fully saturated rings. The van der Waals surface area contributed by atoms with Crippen LogP contribution in [0.4, 0.5) is 5.69 Å². The van der Waals surface area contributed by atoms with E-state index in [1.54, 1.807) is 7.11 Å². The van der Waals surface area contributed by atoms with E-state index in [1.165, 1.54) is 5.69 Å². The molecule has 0 amide bonds. The molecule has 4 heteroatoms. The van der Waals surface area contributed by atoms with Crippen molar-refractivity contribution < 1.29 is 9.53 Å². The normalized spacial score (nSPS) is 16.9. The number of methoxy groups -OCH3 is 1. The summed E-state index contributed by atoms with van der Waals surface area (Å²) in [6.45, 7) is 4.40. The van der Waals surface area contributed by atoms with Crippen molar-refractivity contribution in [1.82, 2.24) is 4.90 Å². The fourth-order valence-corrected chi connectivity index (χ4v) is 2.09. The SMILES string of the molecule is COc1ccc(N2CCN(CC=O)CC2)cc1. The van der Waals surface area contributed by atoms with Crippen molar-refractivity contribution in [1.29, 1.82) is 0 Å². The number of benzene rings is 1. The van der Waals surface area contributed by atoms with Gasteiger partial charge < -0.3 is 14.4 Å². The zero-order valence-electron chi connectivity index (χ0n) is 10.1. The van der Waals surface area contributed by atoms with E-state index in [2.05, 4.69) is 21.9 Å². The molecule has 1 aliphatic heterocycles. The van der Waals surface area contributed by atoms with Crippen molar-refractivity contribution >= 4 is 12.0 Å². The van der Waals surface area contributed by atoms with E-state index in [-0.39, 0.29) is 0 Å². The van der Waals surface area contributed by atoms with Crippen LogP contribution in [0.3, 0.4) is 0 Å². The van der Waals surface area contributed by atoms with Gasteiger partial charge in [-0.2, -0.15) is 0 Å². The molecule has 17 heavy (non-hydrogen) atoms. The molecule has 92 valence electrons. The number of ether oxygens (including phenoxy) is 1. The van der Waals surface area contributed by atoms with Crippen LogP contribution >= 0.6 is 0 Å². The minimum absolute atomic E-state index is 0.552. The highest BCUT2D eigenvalue weighted by molar-refractivity contribution is 5.52. The van der Waals surface area contributed by atoms with Crippen molar-refractivity contribution in [3.05, 3.63) is 24.3 Å². The zero-order valence-corrected chi connectivity index (χ0v) is 10.1. The topological polar surface area (TPSA) is 32.8 Å². The van der Waals surface area contributed by atoms with Crippen molar-refractivity contribution in [2.24, 2.45) is 0 Å². The second-order valence-electron chi connectivity index (χ2n) is 4.15. The molecule has 0 aromatic heterocycles. The van der Waals surface area contributed by atoms with Crippen molar-refractivity contribution in [2.45, 2.75) is 0 Å². The number of anilines is 1. The number of rotatable bonds is 4. The van der Waals surface area contributed by atoms with Crippen LogP contribution in [0.1, 0.15) is 0 Å². The summed E-state index contributed by atoms with van der Waals surface area (Å²) < 4.78 is 5.14. The Morgan fingerprint density at radius 3 is 2.35 bits per heavy atom. The van der Waals surface area contributed by atoms with E-state index in [0.717, 1.165) is 38.2 Å². The molecule has 0 N–H and O–H groups in total. The molecule has 1 aromatic carbocycles. The summed E-state index contributed by atoms with van der Waals surface area (Å²) in [5.41, 5.74) is 1.22. The molecule has 4 nitrogen and oxygen atoms in total. The highest BCUT2D eigenvalue weighted by Crippen LogP contribution is 2.20. The molecule has 0 aliphatic carbocycles. The van der Waals surface area contributed by atoms with Gasteiger partial charge in [0, 0.05) is 31.9 Å². The Bertz CT molecular complexity index is 356. The lowest BCUT2D eigenvalue weighted by atomic mass is 10.2. The Balaban J connectivity index is 1.93. The van der Waals surface area contributed by atoms with Gasteiger partial charge in [0.25, 0.3) is 0 Å². The van der Waals surface area contributed by atoms with Crippen molar-refractivity contribution in [2.75, 3.05) is 44.7 Å². The Hall–Kier alpha value is -1.55. The number of aldehydes is 1. The van der Waals surface area contributed by atoms with Crippen LogP contribution in [-0.2, 0) is 4.79 Å². The smallest absolute Gasteiger partial charge is 0.133 e. The van der Waals surface area contributed by atoms with E-state index in [0.29, 0.717) is 6.54 Å². The minimum Gasteiger partial charge on any atom is -0.497 e. The fourth-order valence-electron chi connectivity index (χ4n) is 2.09. The number of nitrogens with zero attached hydrogens (tertiary/aromatic N) is 2. The summed E-state index contributed by atoms with van der Waals surface area (Å²) in [6.07, 6.45) is 0.975. The molecule has 1 aliphatic rings. The van der Waals surface area contributed by atoms with E-state index in [4.69, 9.17) is 4.74 Å². The maximum absolute atomic E-state index is 10.4. The molecular formula is C13H18N2O2. The minimum atomic E-state index is 0.552. The summed E-state index contributed by atoms with van der Waals surface area (Å²) in [5, 5.41) is 0. The Morgan fingerprint density at radius 2 is 1.82 bits per heavy atom. The number of carbonyl (C=O) groups excluding carboxylic acids is 1. The Labute approximate surface area is 102 Å². The summed E-state index contributed by atoms with van der Waals surface area (Å²) in [5.74, 6) is 0.883. The van der Waals surface area contributed by atoms with Gasteiger partial charge in [0.05, 0.1) is 13.7 Å². The molecular weight excluding hydrogens is 216 g/mol. The number of hydrogen-bond acceptors (Lipinski definition) is 4. The first kappa shape index (κ1) is 11.9. The average Bonchev–Trinajstić information content (AvgIpc) is 2.40. The summed E-state index contributed by atoms with van der Waals surface area (Å²) >= 11 is 0. The molecule has 2 rings (SSSR count). The third-order valence-electron chi connectivity index (χ3n) is 3.14. The largest absolute Gasteiger partial charge is 0.497 e. The van der Waals surface area contributed by atoms with Gasteiger partial charge in [0.2, 0.25) is 0 Å². The van der Waals surface area contributed by atoms with Gasteiger partial charge >= 0.3 is 0 Å². The van der Waals surface area contributed by atoms with E-state index >= 15 is 0 Å².